The van der Waals surface area contributed by atoms with Gasteiger partial charge in [0.2, 0.25) is 0 Å². The Hall–Kier alpha value is -1.20. The molecule has 2 N–H and O–H groups in total. The van der Waals surface area contributed by atoms with Crippen molar-refractivity contribution in [2.75, 3.05) is 0 Å². The van der Waals surface area contributed by atoms with Gasteiger partial charge in [-0.3, -0.25) is 10.1 Å². The van der Waals surface area contributed by atoms with E-state index in [1.54, 1.807) is 0 Å². The first kappa shape index (κ1) is 13.9. The molecule has 0 saturated heterocycles. The van der Waals surface area contributed by atoms with Crippen molar-refractivity contribution in [3.63, 3.8) is 0 Å². The molecule has 1 heterocycles. The Bertz CT molecular complexity index is 577. The third-order valence-corrected chi connectivity index (χ3v) is 2.91. The molecule has 0 spiro atoms. The Morgan fingerprint density at radius 1 is 1.53 bits per heavy atom. The highest BCUT2D eigenvalue weighted by Gasteiger charge is 2.32. The Balaban J connectivity index is 3.77. The van der Waals surface area contributed by atoms with Gasteiger partial charge in [0.05, 0.1) is 4.92 Å². The van der Waals surface area contributed by atoms with Crippen LogP contribution in [-0.2, 0) is 10.0 Å². The molecule has 0 radical (unpaired) electrons. The fraction of sp³-hybridized carbons (Fsp3) is 0.167. The summed E-state index contributed by atoms with van der Waals surface area (Å²) in [6.07, 6.45) is -3.38. The van der Waals surface area contributed by atoms with E-state index in [0.717, 1.165) is 0 Å². The summed E-state index contributed by atoms with van der Waals surface area (Å²) in [5.41, 5.74) is -2.38. The third kappa shape index (κ3) is 2.92. The summed E-state index contributed by atoms with van der Waals surface area (Å²) in [5.74, 6) is 0. The van der Waals surface area contributed by atoms with Gasteiger partial charge in [0.25, 0.3) is 22.1 Å². The van der Waals surface area contributed by atoms with E-state index in [9.17, 15) is 27.3 Å². The van der Waals surface area contributed by atoms with Crippen LogP contribution in [0, 0.1) is 10.1 Å². The van der Waals surface area contributed by atoms with Crippen molar-refractivity contribution in [2.24, 2.45) is 5.14 Å². The van der Waals surface area contributed by atoms with Crippen molar-refractivity contribution in [2.45, 2.75) is 11.5 Å². The lowest BCUT2D eigenvalue weighted by Crippen LogP contribution is -2.18. The van der Waals surface area contributed by atoms with Crippen molar-refractivity contribution in [1.29, 1.82) is 0 Å². The van der Waals surface area contributed by atoms with E-state index in [4.69, 9.17) is 0 Å². The van der Waals surface area contributed by atoms with Crippen LogP contribution in [0.5, 0.6) is 0 Å². The highest BCUT2D eigenvalue weighted by Crippen LogP contribution is 2.34. The Morgan fingerprint density at radius 3 is 2.41 bits per heavy atom. The maximum atomic E-state index is 12.6. The molecule has 0 saturated carbocycles. The highest BCUT2D eigenvalue weighted by molar-refractivity contribution is 9.10. The van der Waals surface area contributed by atoms with E-state index < -0.39 is 37.6 Å². The second-order valence-corrected chi connectivity index (χ2v) is 5.07. The fourth-order valence-electron chi connectivity index (χ4n) is 1.06. The van der Waals surface area contributed by atoms with Gasteiger partial charge >= 0.3 is 0 Å². The van der Waals surface area contributed by atoms with Gasteiger partial charge in [-0.1, -0.05) is 0 Å². The molecule has 11 heteroatoms. The largest absolute Gasteiger partial charge is 0.284 e. The van der Waals surface area contributed by atoms with Gasteiger partial charge in [0.15, 0.2) is 5.03 Å². The Kier molecular flexibility index (Phi) is 3.74. The molecule has 0 atom stereocenters. The monoisotopic (exact) mass is 331 g/mol. The second kappa shape index (κ2) is 4.58. The number of primary sulfonamides is 1. The molecule has 0 bridgehead atoms. The molecule has 17 heavy (non-hydrogen) atoms. The maximum absolute atomic E-state index is 12.6. The predicted octanol–water partition coefficient (Wildman–Crippen LogP) is 1.34. The van der Waals surface area contributed by atoms with E-state index in [1.165, 1.54) is 0 Å². The normalized spacial score (nSPS) is 11.8. The molecule has 1 rings (SSSR count). The molecule has 0 aliphatic rings. The molecule has 0 unspecified atom stereocenters. The number of pyridine rings is 1. The zero-order valence-corrected chi connectivity index (χ0v) is 10.2. The van der Waals surface area contributed by atoms with Crippen LogP contribution in [0.2, 0.25) is 0 Å². The standard InChI is InChI=1S/C6H4BrF2N3O4S/c7-3-1-2(12(13)14)4(5(8)9)6(11-3)17(10,15)16/h1,5H,(H2,10,15,16). The fourth-order valence-corrected chi connectivity index (χ4v) is 2.30. The number of nitrogens with two attached hydrogens (primary N) is 1. The summed E-state index contributed by atoms with van der Waals surface area (Å²) in [4.78, 5) is 12.6. The highest BCUT2D eigenvalue weighted by atomic mass is 79.9. The number of alkyl halides is 2. The minimum absolute atomic E-state index is 0.280. The Morgan fingerprint density at radius 2 is 2.06 bits per heavy atom. The van der Waals surface area contributed by atoms with Crippen LogP contribution in [0.25, 0.3) is 0 Å². The van der Waals surface area contributed by atoms with Crippen molar-refractivity contribution in [1.82, 2.24) is 4.98 Å². The second-order valence-electron chi connectivity index (χ2n) is 2.79. The zero-order chi connectivity index (χ0) is 13.4. The predicted molar refractivity (Wildman–Crippen MR) is 54.9 cm³/mol. The molecule has 0 aliphatic heterocycles. The first-order valence-corrected chi connectivity index (χ1v) is 6.14. The summed E-state index contributed by atoms with van der Waals surface area (Å²) in [6.45, 7) is 0. The van der Waals surface area contributed by atoms with Gasteiger partial charge < -0.3 is 0 Å². The van der Waals surface area contributed by atoms with Crippen molar-refractivity contribution < 1.29 is 22.1 Å². The number of halogens is 3. The summed E-state index contributed by atoms with van der Waals surface area (Å²) in [6, 6.07) is 0.677. The summed E-state index contributed by atoms with van der Waals surface area (Å²) >= 11 is 2.68. The quantitative estimate of drug-likeness (QED) is 0.509. The molecular formula is C6H4BrF2N3O4S. The number of sulfonamides is 1. The van der Waals surface area contributed by atoms with Crippen LogP contribution in [-0.4, -0.2) is 18.3 Å². The number of rotatable bonds is 3. The molecule has 0 fully saturated rings. The van der Waals surface area contributed by atoms with Crippen LogP contribution in [0.4, 0.5) is 14.5 Å². The van der Waals surface area contributed by atoms with Gasteiger partial charge in [-0.15, -0.1) is 0 Å². The Labute approximate surface area is 102 Å². The molecule has 0 amide bonds. The molecule has 7 nitrogen and oxygen atoms in total. The zero-order valence-electron chi connectivity index (χ0n) is 7.80. The molecule has 1 aromatic heterocycles. The topological polar surface area (TPSA) is 116 Å². The maximum Gasteiger partial charge on any atom is 0.284 e. The van der Waals surface area contributed by atoms with Gasteiger partial charge in [0, 0.05) is 6.07 Å². The lowest BCUT2D eigenvalue weighted by Gasteiger charge is -2.07. The smallest absolute Gasteiger partial charge is 0.258 e. The summed E-state index contributed by atoms with van der Waals surface area (Å²) in [5, 5.41) is 14.0. The van der Waals surface area contributed by atoms with Gasteiger partial charge in [-0.05, 0) is 15.9 Å². The summed E-state index contributed by atoms with van der Waals surface area (Å²) < 4.78 is 47.0. The van der Waals surface area contributed by atoms with Gasteiger partial charge in [0.1, 0.15) is 10.2 Å². The van der Waals surface area contributed by atoms with E-state index in [-0.39, 0.29) is 4.60 Å². The van der Waals surface area contributed by atoms with Crippen LogP contribution < -0.4 is 5.14 Å². The molecular weight excluding hydrogens is 328 g/mol. The van der Waals surface area contributed by atoms with Gasteiger partial charge in [-0.25, -0.2) is 27.3 Å². The van der Waals surface area contributed by atoms with Gasteiger partial charge in [-0.2, -0.15) is 0 Å². The van der Waals surface area contributed by atoms with E-state index in [1.807, 2.05) is 0 Å². The lowest BCUT2D eigenvalue weighted by molar-refractivity contribution is -0.386. The van der Waals surface area contributed by atoms with Crippen molar-refractivity contribution >= 4 is 31.6 Å². The van der Waals surface area contributed by atoms with E-state index >= 15 is 0 Å². The number of aromatic nitrogens is 1. The van der Waals surface area contributed by atoms with Crippen molar-refractivity contribution in [3.8, 4) is 0 Å². The van der Waals surface area contributed by atoms with E-state index in [2.05, 4.69) is 26.1 Å². The first-order valence-electron chi connectivity index (χ1n) is 3.80. The number of nitrogens with zero attached hydrogens (tertiary/aromatic N) is 2. The number of hydrogen-bond acceptors (Lipinski definition) is 5. The van der Waals surface area contributed by atoms with Crippen molar-refractivity contribution in [3.05, 3.63) is 26.3 Å². The lowest BCUT2D eigenvalue weighted by atomic mass is 10.2. The number of nitro groups is 1. The summed E-state index contributed by atoms with van der Waals surface area (Å²) in [7, 11) is -4.58. The first-order chi connectivity index (χ1) is 7.64. The van der Waals surface area contributed by atoms with E-state index in [0.29, 0.717) is 6.07 Å². The molecule has 0 aromatic carbocycles. The third-order valence-electron chi connectivity index (χ3n) is 1.65. The molecule has 94 valence electrons. The number of hydrogen-bond donors (Lipinski definition) is 1. The van der Waals surface area contributed by atoms with Crippen LogP contribution in [0.15, 0.2) is 15.7 Å². The molecule has 0 aliphatic carbocycles. The SMILES string of the molecule is NS(=O)(=O)c1nc(Br)cc([N+](=O)[O-])c1C(F)F. The van der Waals surface area contributed by atoms with Crippen LogP contribution in [0.3, 0.4) is 0 Å². The minimum atomic E-state index is -4.58. The minimum Gasteiger partial charge on any atom is -0.258 e. The van der Waals surface area contributed by atoms with Crippen LogP contribution >= 0.6 is 15.9 Å². The van der Waals surface area contributed by atoms with Crippen LogP contribution in [0.1, 0.15) is 12.0 Å². The molecule has 1 aromatic rings. The average Bonchev–Trinajstić information content (AvgIpc) is 2.14. The average molecular weight is 332 g/mol.